The van der Waals surface area contributed by atoms with E-state index in [1.165, 1.54) is 143 Å². The molecular weight excluding hydrogens is 829 g/mol. The van der Waals surface area contributed by atoms with Crippen molar-refractivity contribution in [3.63, 3.8) is 0 Å². The van der Waals surface area contributed by atoms with E-state index in [2.05, 4.69) is 257 Å². The summed E-state index contributed by atoms with van der Waals surface area (Å²) in [4.78, 5) is 0. The molecule has 13 aromatic carbocycles. The predicted octanol–water partition coefficient (Wildman–Crippen LogP) is 19.2. The molecule has 14 rings (SSSR count). The Labute approximate surface area is 402 Å². The maximum absolute atomic E-state index is 2.39. The first-order valence-electron chi connectivity index (χ1n) is 24.3. The van der Waals surface area contributed by atoms with Gasteiger partial charge in [-0.15, -0.1) is 0 Å². The van der Waals surface area contributed by atoms with Crippen molar-refractivity contribution in [1.29, 1.82) is 0 Å². The molecule has 0 heteroatoms. The SMILES string of the molecule is CC1(C)c2ccccc2-c2ccc(-c3c4ccccc4c(-c4ccc(-c5ccc(-c6c7ccccc7c(-c7ccccc7)c7ccccc67)c6ccccc56)cc4)c4ccccc34)c3cccc1c23. The molecule has 0 aromatic heterocycles. The summed E-state index contributed by atoms with van der Waals surface area (Å²) in [5.74, 6) is 0. The normalized spacial score (nSPS) is 12.9. The van der Waals surface area contributed by atoms with Gasteiger partial charge in [-0.3, -0.25) is 0 Å². The molecule has 322 valence electrons. The first kappa shape index (κ1) is 39.6. The lowest BCUT2D eigenvalue weighted by molar-refractivity contribution is 0.645. The highest BCUT2D eigenvalue weighted by atomic mass is 14.4. The molecule has 0 spiro atoms. The van der Waals surface area contributed by atoms with E-state index in [1.54, 1.807) is 0 Å². The maximum atomic E-state index is 2.39. The summed E-state index contributed by atoms with van der Waals surface area (Å²) in [6.07, 6.45) is 0. The van der Waals surface area contributed by atoms with E-state index >= 15 is 0 Å². The molecule has 0 fully saturated rings. The Balaban J connectivity index is 0.926. The van der Waals surface area contributed by atoms with Crippen LogP contribution in [0.15, 0.2) is 243 Å². The molecule has 0 atom stereocenters. The summed E-state index contributed by atoms with van der Waals surface area (Å²) in [5.41, 5.74) is 17.9. The van der Waals surface area contributed by atoms with Crippen molar-refractivity contribution in [3.05, 3.63) is 254 Å². The second kappa shape index (κ2) is 15.2. The third-order valence-electron chi connectivity index (χ3n) is 15.5. The van der Waals surface area contributed by atoms with Gasteiger partial charge in [0, 0.05) is 5.41 Å². The topological polar surface area (TPSA) is 0 Å². The van der Waals surface area contributed by atoms with Crippen molar-refractivity contribution in [2.24, 2.45) is 0 Å². The molecule has 0 aliphatic heterocycles. The van der Waals surface area contributed by atoms with Crippen LogP contribution in [0.5, 0.6) is 0 Å². The second-order valence-electron chi connectivity index (χ2n) is 19.4. The lowest BCUT2D eigenvalue weighted by Gasteiger charge is -2.35. The van der Waals surface area contributed by atoms with Crippen molar-refractivity contribution < 1.29 is 0 Å². The third kappa shape index (κ3) is 5.82. The fourth-order valence-corrected chi connectivity index (χ4v) is 12.4. The molecule has 0 saturated carbocycles. The van der Waals surface area contributed by atoms with Gasteiger partial charge in [0.2, 0.25) is 0 Å². The summed E-state index contributed by atoms with van der Waals surface area (Å²) in [7, 11) is 0. The highest BCUT2D eigenvalue weighted by molar-refractivity contribution is 6.26. The molecule has 0 nitrogen and oxygen atoms in total. The number of hydrogen-bond acceptors (Lipinski definition) is 0. The molecule has 1 aliphatic rings. The molecule has 0 unspecified atom stereocenters. The first-order valence-corrected chi connectivity index (χ1v) is 24.3. The van der Waals surface area contributed by atoms with Crippen LogP contribution in [0.25, 0.3) is 131 Å². The zero-order valence-corrected chi connectivity index (χ0v) is 38.6. The smallest absolute Gasteiger partial charge is 0.0159 e. The van der Waals surface area contributed by atoms with E-state index in [9.17, 15) is 0 Å². The van der Waals surface area contributed by atoms with E-state index in [-0.39, 0.29) is 5.41 Å². The Morgan fingerprint density at radius 2 is 0.551 bits per heavy atom. The number of benzene rings is 13. The minimum atomic E-state index is -0.116. The largest absolute Gasteiger partial charge is 0.0622 e. The quantitative estimate of drug-likeness (QED) is 0.151. The molecule has 69 heavy (non-hydrogen) atoms. The van der Waals surface area contributed by atoms with Gasteiger partial charge in [-0.25, -0.2) is 0 Å². The van der Waals surface area contributed by atoms with Crippen LogP contribution in [0.2, 0.25) is 0 Å². The number of hydrogen-bond donors (Lipinski definition) is 0. The van der Waals surface area contributed by atoms with E-state index in [0.29, 0.717) is 0 Å². The maximum Gasteiger partial charge on any atom is 0.0159 e. The fourth-order valence-electron chi connectivity index (χ4n) is 12.4. The highest BCUT2D eigenvalue weighted by Gasteiger charge is 2.34. The van der Waals surface area contributed by atoms with E-state index in [0.717, 1.165) is 0 Å². The fraction of sp³-hybridized carbons (Fsp3) is 0.0435. The van der Waals surface area contributed by atoms with Gasteiger partial charge >= 0.3 is 0 Å². The molecular formula is C69H46. The third-order valence-corrected chi connectivity index (χ3v) is 15.5. The van der Waals surface area contributed by atoms with Crippen molar-refractivity contribution >= 4 is 64.6 Å². The van der Waals surface area contributed by atoms with Gasteiger partial charge < -0.3 is 0 Å². The second-order valence-corrected chi connectivity index (χ2v) is 19.4. The summed E-state index contributed by atoms with van der Waals surface area (Å²) >= 11 is 0. The van der Waals surface area contributed by atoms with Gasteiger partial charge in [-0.1, -0.05) is 257 Å². The molecule has 1 aliphatic carbocycles. The lowest BCUT2D eigenvalue weighted by Crippen LogP contribution is -2.23. The lowest BCUT2D eigenvalue weighted by atomic mass is 9.68. The minimum absolute atomic E-state index is 0.116. The summed E-state index contributed by atoms with van der Waals surface area (Å²) in [6, 6.07) is 90.6. The van der Waals surface area contributed by atoms with Crippen molar-refractivity contribution in [3.8, 4) is 66.8 Å². The van der Waals surface area contributed by atoms with Gasteiger partial charge in [0.1, 0.15) is 0 Å². The standard InChI is InChI=1S/C69H46/c1-69(2)62-33-17-16-23-49(62)60-41-42-61(58-32-18-34-63(69)68(58)60)67-56-30-14-10-26-52(56)65(53-27-11-15-31-57(53)67)45-37-35-43(36-38-45)46-39-40-59(48-22-7-6-21-47(46)48)66-54-28-12-8-24-50(54)64(44-19-4-3-5-20-44)51-25-9-13-29-55(51)66/h3-42H,1-2H3. The van der Waals surface area contributed by atoms with E-state index in [4.69, 9.17) is 0 Å². The van der Waals surface area contributed by atoms with Gasteiger partial charge in [-0.2, -0.15) is 0 Å². The van der Waals surface area contributed by atoms with Crippen molar-refractivity contribution in [2.45, 2.75) is 19.3 Å². The van der Waals surface area contributed by atoms with Crippen LogP contribution in [0, 0.1) is 0 Å². The molecule has 0 N–H and O–H groups in total. The van der Waals surface area contributed by atoms with Crippen LogP contribution >= 0.6 is 0 Å². The van der Waals surface area contributed by atoms with Crippen LogP contribution in [-0.2, 0) is 5.41 Å². The van der Waals surface area contributed by atoms with Gasteiger partial charge in [-0.05, 0) is 143 Å². The van der Waals surface area contributed by atoms with E-state index in [1.807, 2.05) is 0 Å². The average molecular weight is 875 g/mol. The van der Waals surface area contributed by atoms with Crippen LogP contribution in [0.3, 0.4) is 0 Å². The monoisotopic (exact) mass is 874 g/mol. The first-order chi connectivity index (χ1) is 34.0. The Morgan fingerprint density at radius 1 is 0.203 bits per heavy atom. The zero-order valence-electron chi connectivity index (χ0n) is 38.6. The number of rotatable bonds is 5. The number of fused-ring (bicyclic) bond motifs is 7. The van der Waals surface area contributed by atoms with Crippen LogP contribution in [0.1, 0.15) is 25.0 Å². The molecule has 0 bridgehead atoms. The molecule has 13 aromatic rings. The Kier molecular flexibility index (Phi) is 8.73. The van der Waals surface area contributed by atoms with Crippen LogP contribution < -0.4 is 0 Å². The van der Waals surface area contributed by atoms with Crippen molar-refractivity contribution in [2.75, 3.05) is 0 Å². The molecule has 0 saturated heterocycles. The van der Waals surface area contributed by atoms with Crippen LogP contribution in [-0.4, -0.2) is 0 Å². The van der Waals surface area contributed by atoms with Crippen molar-refractivity contribution in [1.82, 2.24) is 0 Å². The predicted molar refractivity (Wildman–Crippen MR) is 296 cm³/mol. The Bertz CT molecular complexity index is 4130. The van der Waals surface area contributed by atoms with E-state index < -0.39 is 0 Å². The molecule has 0 heterocycles. The average Bonchev–Trinajstić information content (AvgIpc) is 3.41. The highest BCUT2D eigenvalue weighted by Crippen LogP contribution is 2.53. The van der Waals surface area contributed by atoms with Gasteiger partial charge in [0.25, 0.3) is 0 Å². The van der Waals surface area contributed by atoms with Gasteiger partial charge in [0.05, 0.1) is 0 Å². The zero-order chi connectivity index (χ0) is 45.8. The summed E-state index contributed by atoms with van der Waals surface area (Å²) < 4.78 is 0. The van der Waals surface area contributed by atoms with Crippen LogP contribution in [0.4, 0.5) is 0 Å². The summed E-state index contributed by atoms with van der Waals surface area (Å²) in [6.45, 7) is 4.77. The summed E-state index contributed by atoms with van der Waals surface area (Å²) in [5, 5.41) is 15.3. The Hall–Kier alpha value is -8.58. The molecule has 0 amide bonds. The van der Waals surface area contributed by atoms with Gasteiger partial charge in [0.15, 0.2) is 0 Å². The molecule has 0 radical (unpaired) electrons. The minimum Gasteiger partial charge on any atom is -0.0622 e. The Morgan fingerprint density at radius 3 is 1.09 bits per heavy atom.